The normalized spacial score (nSPS) is 33.2. The number of ether oxygens (including phenoxy) is 1. The highest BCUT2D eigenvalue weighted by molar-refractivity contribution is 5.22. The molecule has 4 atom stereocenters. The largest absolute Gasteiger partial charge is 0.488 e. The van der Waals surface area contributed by atoms with Gasteiger partial charge in [-0.25, -0.2) is 4.39 Å². The minimum Gasteiger partial charge on any atom is -0.488 e. The second kappa shape index (κ2) is 8.24. The van der Waals surface area contributed by atoms with Gasteiger partial charge in [0.05, 0.1) is 6.10 Å². The van der Waals surface area contributed by atoms with Gasteiger partial charge >= 0.3 is 0 Å². The molecule has 3 fully saturated rings. The molecule has 0 spiro atoms. The van der Waals surface area contributed by atoms with E-state index in [0.717, 1.165) is 32.5 Å². The molecular formula is C21H31FN2O2. The van der Waals surface area contributed by atoms with E-state index in [1.54, 1.807) is 12.1 Å². The van der Waals surface area contributed by atoms with Crippen molar-refractivity contribution in [2.24, 2.45) is 11.8 Å². The number of hydrogen-bond donors (Lipinski definition) is 1. The van der Waals surface area contributed by atoms with E-state index in [1.807, 2.05) is 0 Å². The maximum atomic E-state index is 13.1. The van der Waals surface area contributed by atoms with Gasteiger partial charge in [-0.1, -0.05) is 6.42 Å². The Bertz CT molecular complexity index is 576. The van der Waals surface area contributed by atoms with Gasteiger partial charge in [-0.3, -0.25) is 0 Å². The van der Waals surface area contributed by atoms with Gasteiger partial charge in [0.15, 0.2) is 0 Å². The Morgan fingerprint density at radius 3 is 2.31 bits per heavy atom. The lowest BCUT2D eigenvalue weighted by atomic mass is 9.78. The number of likely N-dealkylation sites (tertiary alicyclic amines) is 2. The molecule has 2 heterocycles. The second-order valence-electron chi connectivity index (χ2n) is 8.33. The van der Waals surface area contributed by atoms with Crippen molar-refractivity contribution in [3.05, 3.63) is 30.1 Å². The number of rotatable bonds is 5. The first-order valence-electron chi connectivity index (χ1n) is 10.2. The van der Waals surface area contributed by atoms with Crippen LogP contribution in [-0.4, -0.2) is 66.4 Å². The third kappa shape index (κ3) is 4.38. The van der Waals surface area contributed by atoms with Crippen LogP contribution in [0.2, 0.25) is 0 Å². The first kappa shape index (κ1) is 18.2. The molecule has 26 heavy (non-hydrogen) atoms. The summed E-state index contributed by atoms with van der Waals surface area (Å²) in [5.74, 6) is 1.57. The van der Waals surface area contributed by atoms with Crippen molar-refractivity contribution in [3.63, 3.8) is 0 Å². The summed E-state index contributed by atoms with van der Waals surface area (Å²) in [4.78, 5) is 5.18. The van der Waals surface area contributed by atoms with Crippen molar-refractivity contribution < 1.29 is 14.2 Å². The van der Waals surface area contributed by atoms with E-state index in [2.05, 4.69) is 9.80 Å². The third-order valence-electron chi connectivity index (χ3n) is 6.44. The molecule has 0 unspecified atom stereocenters. The van der Waals surface area contributed by atoms with Crippen LogP contribution in [-0.2, 0) is 0 Å². The zero-order valence-corrected chi connectivity index (χ0v) is 15.5. The van der Waals surface area contributed by atoms with Crippen LogP contribution in [0.25, 0.3) is 0 Å². The molecule has 0 radical (unpaired) electrons. The Labute approximate surface area is 155 Å². The summed E-state index contributed by atoms with van der Waals surface area (Å²) < 4.78 is 19.0. The van der Waals surface area contributed by atoms with Crippen LogP contribution in [0.15, 0.2) is 24.3 Å². The van der Waals surface area contributed by atoms with Crippen molar-refractivity contribution >= 4 is 0 Å². The molecule has 1 saturated carbocycles. The fraction of sp³-hybridized carbons (Fsp3) is 0.714. The Morgan fingerprint density at radius 1 is 0.923 bits per heavy atom. The van der Waals surface area contributed by atoms with Crippen molar-refractivity contribution in [1.29, 1.82) is 0 Å². The molecule has 3 aliphatic rings. The highest BCUT2D eigenvalue weighted by Crippen LogP contribution is 2.38. The smallest absolute Gasteiger partial charge is 0.125 e. The van der Waals surface area contributed by atoms with Crippen molar-refractivity contribution in [1.82, 2.24) is 9.80 Å². The molecule has 1 aliphatic carbocycles. The summed E-state index contributed by atoms with van der Waals surface area (Å²) in [5.41, 5.74) is 0. The Kier molecular flexibility index (Phi) is 5.77. The molecule has 0 aromatic heterocycles. The monoisotopic (exact) mass is 362 g/mol. The number of aliphatic hydroxyl groups excluding tert-OH is 1. The molecule has 4 nitrogen and oxygen atoms in total. The van der Waals surface area contributed by atoms with E-state index < -0.39 is 6.10 Å². The lowest BCUT2D eigenvalue weighted by Crippen LogP contribution is -2.42. The van der Waals surface area contributed by atoms with Crippen molar-refractivity contribution in [2.75, 3.05) is 39.3 Å². The average Bonchev–Trinajstić information content (AvgIpc) is 3.04. The summed E-state index contributed by atoms with van der Waals surface area (Å²) in [6, 6.07) is 6.11. The summed E-state index contributed by atoms with van der Waals surface area (Å²) in [6.07, 6.45) is 5.18. The number of aliphatic hydroxyl groups is 1. The standard InChI is InChI=1S/C21H31FN2O2/c22-18-4-6-19(7-5-18)26-21-13-17-15-24(14-16(17)12-20(21)25)11-10-23-8-2-1-3-9-23/h4-7,16-17,20-21,25H,1-3,8-15H2/t16-,17+,20+,21+/m0/s1. The van der Waals surface area contributed by atoms with E-state index in [0.29, 0.717) is 17.6 Å². The predicted octanol–water partition coefficient (Wildman–Crippen LogP) is 2.76. The van der Waals surface area contributed by atoms with Gasteiger partial charge in [0.2, 0.25) is 0 Å². The van der Waals surface area contributed by atoms with Gasteiger partial charge in [-0.2, -0.15) is 0 Å². The average molecular weight is 362 g/mol. The Hall–Kier alpha value is -1.17. The number of benzene rings is 1. The van der Waals surface area contributed by atoms with E-state index in [9.17, 15) is 9.50 Å². The van der Waals surface area contributed by atoms with E-state index in [4.69, 9.17) is 4.74 Å². The number of fused-ring (bicyclic) bond motifs is 1. The molecule has 5 heteroatoms. The highest BCUT2D eigenvalue weighted by atomic mass is 19.1. The molecule has 144 valence electrons. The van der Waals surface area contributed by atoms with Crippen LogP contribution in [0.3, 0.4) is 0 Å². The van der Waals surface area contributed by atoms with Crippen LogP contribution < -0.4 is 4.74 Å². The number of piperidine rings is 1. The van der Waals surface area contributed by atoms with Crippen molar-refractivity contribution in [3.8, 4) is 5.75 Å². The molecule has 0 amide bonds. The molecule has 0 bridgehead atoms. The zero-order valence-electron chi connectivity index (χ0n) is 15.5. The van der Waals surface area contributed by atoms with Crippen LogP contribution in [0.1, 0.15) is 32.1 Å². The highest BCUT2D eigenvalue weighted by Gasteiger charge is 2.42. The van der Waals surface area contributed by atoms with Crippen LogP contribution in [0, 0.1) is 17.7 Å². The summed E-state index contributed by atoms with van der Waals surface area (Å²) in [5, 5.41) is 10.5. The molecule has 1 N–H and O–H groups in total. The maximum Gasteiger partial charge on any atom is 0.125 e. The first-order chi connectivity index (χ1) is 12.7. The van der Waals surface area contributed by atoms with Gasteiger partial charge in [0.25, 0.3) is 0 Å². The molecule has 4 rings (SSSR count). The van der Waals surface area contributed by atoms with Crippen molar-refractivity contribution in [2.45, 2.75) is 44.3 Å². The van der Waals surface area contributed by atoms with Crippen LogP contribution in [0.5, 0.6) is 5.75 Å². The number of nitrogens with zero attached hydrogens (tertiary/aromatic N) is 2. The maximum absolute atomic E-state index is 13.1. The van der Waals surface area contributed by atoms with E-state index in [1.165, 1.54) is 51.0 Å². The van der Waals surface area contributed by atoms with Gasteiger partial charge in [0, 0.05) is 26.2 Å². The van der Waals surface area contributed by atoms with Crippen LogP contribution >= 0.6 is 0 Å². The molecule has 2 aliphatic heterocycles. The van der Waals surface area contributed by atoms with Gasteiger partial charge in [0.1, 0.15) is 17.7 Å². The Morgan fingerprint density at radius 2 is 1.58 bits per heavy atom. The topological polar surface area (TPSA) is 35.9 Å². The fourth-order valence-corrected chi connectivity index (χ4v) is 4.95. The second-order valence-corrected chi connectivity index (χ2v) is 8.33. The predicted molar refractivity (Wildman–Crippen MR) is 99.8 cm³/mol. The number of halogens is 1. The molecule has 2 saturated heterocycles. The Balaban J connectivity index is 1.28. The molecular weight excluding hydrogens is 331 g/mol. The fourth-order valence-electron chi connectivity index (χ4n) is 4.95. The first-order valence-corrected chi connectivity index (χ1v) is 10.2. The van der Waals surface area contributed by atoms with Crippen LogP contribution in [0.4, 0.5) is 4.39 Å². The van der Waals surface area contributed by atoms with E-state index in [-0.39, 0.29) is 11.9 Å². The van der Waals surface area contributed by atoms with Gasteiger partial charge in [-0.05, 0) is 74.9 Å². The zero-order chi connectivity index (χ0) is 17.9. The van der Waals surface area contributed by atoms with Gasteiger partial charge < -0.3 is 19.6 Å². The summed E-state index contributed by atoms with van der Waals surface area (Å²) in [7, 11) is 0. The summed E-state index contributed by atoms with van der Waals surface area (Å²) in [6.45, 7) is 7.07. The lowest BCUT2D eigenvalue weighted by molar-refractivity contribution is -0.0231. The minimum absolute atomic E-state index is 0.177. The third-order valence-corrected chi connectivity index (χ3v) is 6.44. The quantitative estimate of drug-likeness (QED) is 0.874. The summed E-state index contributed by atoms with van der Waals surface area (Å²) >= 11 is 0. The van der Waals surface area contributed by atoms with E-state index >= 15 is 0 Å². The molecule has 1 aromatic carbocycles. The number of hydrogen-bond acceptors (Lipinski definition) is 4. The minimum atomic E-state index is -0.427. The molecule has 1 aromatic rings. The lowest BCUT2D eigenvalue weighted by Gasteiger charge is -2.35. The SMILES string of the molecule is O[C@@H]1C[C@H]2CN(CCN3CCCCC3)C[C@H]2C[C@H]1Oc1ccc(F)cc1. The van der Waals surface area contributed by atoms with Gasteiger partial charge in [-0.15, -0.1) is 0 Å².